The van der Waals surface area contributed by atoms with E-state index in [4.69, 9.17) is 14.2 Å². The molecule has 6 aliphatic rings. The molecule has 3 aliphatic heterocycles. The van der Waals surface area contributed by atoms with Gasteiger partial charge in [0.05, 0.1) is 24.2 Å². The molecule has 2 saturated carbocycles. The lowest BCUT2D eigenvalue weighted by atomic mass is 9.48. The van der Waals surface area contributed by atoms with Gasteiger partial charge in [0, 0.05) is 24.6 Å². The van der Waals surface area contributed by atoms with Crippen molar-refractivity contribution < 1.29 is 24.4 Å². The summed E-state index contributed by atoms with van der Waals surface area (Å²) < 4.78 is 18.8. The van der Waals surface area contributed by atoms with Crippen LogP contribution in [-0.2, 0) is 21.3 Å². The zero-order valence-corrected chi connectivity index (χ0v) is 16.0. The lowest BCUT2D eigenvalue weighted by Gasteiger charge is -2.65. The van der Waals surface area contributed by atoms with Gasteiger partial charge in [-0.2, -0.15) is 0 Å². The van der Waals surface area contributed by atoms with Crippen LogP contribution >= 0.6 is 0 Å². The standard InChI is InChI=1S/C22H27NO5/c24-15-4-3-14-11-16-21(25)5-6-22(26-9-10-27-22)19-20(21,17(14)18(15)28-19)7-8-23(16)12-13-1-2-13/h3-4,13,16,19,24-25H,1-2,5-12H2/t16-,19?,20+,21?/m1/s1. The topological polar surface area (TPSA) is 71.4 Å². The average molecular weight is 385 g/mol. The summed E-state index contributed by atoms with van der Waals surface area (Å²) in [5.74, 6) is 0.698. The summed E-state index contributed by atoms with van der Waals surface area (Å²) in [6.07, 6.45) is 5.14. The van der Waals surface area contributed by atoms with Gasteiger partial charge in [0.15, 0.2) is 17.6 Å². The molecule has 2 bridgehead atoms. The minimum atomic E-state index is -0.878. The molecule has 2 spiro atoms. The smallest absolute Gasteiger partial charge is 0.207 e. The van der Waals surface area contributed by atoms with E-state index in [1.807, 2.05) is 6.07 Å². The molecule has 3 heterocycles. The fourth-order valence-electron chi connectivity index (χ4n) is 7.21. The van der Waals surface area contributed by atoms with Gasteiger partial charge in [-0.15, -0.1) is 0 Å². The maximum Gasteiger partial charge on any atom is 0.207 e. The summed E-state index contributed by atoms with van der Waals surface area (Å²) in [5.41, 5.74) is 0.792. The predicted molar refractivity (Wildman–Crippen MR) is 99.4 cm³/mol. The minimum Gasteiger partial charge on any atom is -0.504 e. The third-order valence-corrected chi connectivity index (χ3v) is 8.54. The highest BCUT2D eigenvalue weighted by molar-refractivity contribution is 5.62. The number of piperidine rings is 1. The van der Waals surface area contributed by atoms with Crippen molar-refractivity contribution in [3.63, 3.8) is 0 Å². The van der Waals surface area contributed by atoms with Crippen molar-refractivity contribution in [1.82, 2.24) is 4.90 Å². The summed E-state index contributed by atoms with van der Waals surface area (Å²) >= 11 is 0. The molecule has 3 aliphatic carbocycles. The van der Waals surface area contributed by atoms with Crippen LogP contribution in [0.4, 0.5) is 0 Å². The highest BCUT2D eigenvalue weighted by Gasteiger charge is 2.77. The number of benzene rings is 1. The molecule has 4 atom stereocenters. The molecular formula is C22H27NO5. The molecule has 6 nitrogen and oxygen atoms in total. The van der Waals surface area contributed by atoms with Crippen molar-refractivity contribution in [3.8, 4) is 11.5 Å². The summed E-state index contributed by atoms with van der Waals surface area (Å²) in [5, 5.41) is 22.9. The Hall–Kier alpha value is -1.34. The molecule has 2 saturated heterocycles. The predicted octanol–water partition coefficient (Wildman–Crippen LogP) is 1.70. The number of hydrogen-bond donors (Lipinski definition) is 2. The first-order valence-corrected chi connectivity index (χ1v) is 10.8. The quantitative estimate of drug-likeness (QED) is 0.808. The fourth-order valence-corrected chi connectivity index (χ4v) is 7.21. The first-order valence-electron chi connectivity index (χ1n) is 10.8. The Bertz CT molecular complexity index is 863. The van der Waals surface area contributed by atoms with Gasteiger partial charge in [0.25, 0.3) is 0 Å². The molecule has 0 radical (unpaired) electrons. The Balaban J connectivity index is 1.45. The van der Waals surface area contributed by atoms with Crippen molar-refractivity contribution in [2.45, 2.75) is 67.5 Å². The van der Waals surface area contributed by atoms with Crippen molar-refractivity contribution in [2.75, 3.05) is 26.3 Å². The third-order valence-electron chi connectivity index (χ3n) is 8.54. The van der Waals surface area contributed by atoms with E-state index in [1.165, 1.54) is 18.4 Å². The molecule has 1 aromatic carbocycles. The van der Waals surface area contributed by atoms with E-state index >= 15 is 0 Å². The van der Waals surface area contributed by atoms with Crippen LogP contribution in [0.1, 0.15) is 43.2 Å². The molecule has 150 valence electrons. The Morgan fingerprint density at radius 1 is 1.11 bits per heavy atom. The van der Waals surface area contributed by atoms with Gasteiger partial charge in [0.1, 0.15) is 0 Å². The highest BCUT2D eigenvalue weighted by Crippen LogP contribution is 2.68. The van der Waals surface area contributed by atoms with Gasteiger partial charge in [0.2, 0.25) is 5.79 Å². The molecule has 6 heteroatoms. The molecular weight excluding hydrogens is 358 g/mol. The van der Waals surface area contributed by atoms with E-state index in [1.54, 1.807) is 6.07 Å². The summed E-state index contributed by atoms with van der Waals surface area (Å²) in [4.78, 5) is 2.54. The van der Waals surface area contributed by atoms with Gasteiger partial charge in [-0.25, -0.2) is 0 Å². The van der Waals surface area contributed by atoms with Crippen molar-refractivity contribution in [1.29, 1.82) is 0 Å². The SMILES string of the molecule is Oc1ccc2c3c1OC1C4(CCC5(O)[C@@H](C2)N(CC2CC2)CC[C@]315)OCCO4. The summed E-state index contributed by atoms with van der Waals surface area (Å²) in [6.45, 7) is 3.16. The van der Waals surface area contributed by atoms with E-state index < -0.39 is 22.9 Å². The molecule has 0 aromatic heterocycles. The number of nitrogens with zero attached hydrogens (tertiary/aromatic N) is 1. The number of likely N-dealkylation sites (tertiary alicyclic amines) is 1. The van der Waals surface area contributed by atoms with E-state index in [2.05, 4.69) is 4.90 Å². The van der Waals surface area contributed by atoms with Crippen LogP contribution in [0.5, 0.6) is 11.5 Å². The minimum absolute atomic E-state index is 0.0923. The fraction of sp³-hybridized carbons (Fsp3) is 0.727. The van der Waals surface area contributed by atoms with Gasteiger partial charge in [-0.3, -0.25) is 4.90 Å². The number of aliphatic hydroxyl groups is 1. The molecule has 2 N–H and O–H groups in total. The zero-order valence-electron chi connectivity index (χ0n) is 16.0. The molecule has 1 aromatic rings. The summed E-state index contributed by atoms with van der Waals surface area (Å²) in [7, 11) is 0. The Kier molecular flexibility index (Phi) is 2.96. The molecule has 7 rings (SSSR count). The van der Waals surface area contributed by atoms with Gasteiger partial charge in [-0.05, 0) is 56.2 Å². The van der Waals surface area contributed by atoms with Gasteiger partial charge in [-0.1, -0.05) is 6.07 Å². The van der Waals surface area contributed by atoms with Gasteiger partial charge < -0.3 is 24.4 Å². The van der Waals surface area contributed by atoms with Crippen LogP contribution in [0.3, 0.4) is 0 Å². The Labute approximate surface area is 164 Å². The Morgan fingerprint density at radius 2 is 1.93 bits per heavy atom. The second kappa shape index (κ2) is 5.04. The van der Waals surface area contributed by atoms with Crippen LogP contribution in [0.2, 0.25) is 0 Å². The van der Waals surface area contributed by atoms with E-state index in [9.17, 15) is 10.2 Å². The Morgan fingerprint density at radius 3 is 2.71 bits per heavy atom. The maximum absolute atomic E-state index is 12.3. The van der Waals surface area contributed by atoms with Gasteiger partial charge >= 0.3 is 0 Å². The molecule has 0 amide bonds. The van der Waals surface area contributed by atoms with Crippen molar-refractivity contribution in [3.05, 3.63) is 23.3 Å². The van der Waals surface area contributed by atoms with E-state index in [0.29, 0.717) is 31.8 Å². The lowest BCUT2D eigenvalue weighted by molar-refractivity contribution is -0.296. The average Bonchev–Trinajstić information content (AvgIpc) is 3.23. The maximum atomic E-state index is 12.3. The highest BCUT2D eigenvalue weighted by atomic mass is 16.8. The normalized spacial score (nSPS) is 42.5. The molecule has 4 fully saturated rings. The number of phenolic OH excluding ortho intramolecular Hbond substituents is 1. The number of rotatable bonds is 2. The monoisotopic (exact) mass is 385 g/mol. The molecule has 28 heavy (non-hydrogen) atoms. The summed E-state index contributed by atoms with van der Waals surface area (Å²) in [6, 6.07) is 3.87. The number of fused-ring (bicyclic) bond motifs is 1. The number of ether oxygens (including phenoxy) is 3. The van der Waals surface area contributed by atoms with Crippen LogP contribution < -0.4 is 4.74 Å². The second-order valence-electron chi connectivity index (χ2n) is 9.76. The third kappa shape index (κ3) is 1.72. The number of hydrogen-bond acceptors (Lipinski definition) is 6. The van der Waals surface area contributed by atoms with Crippen molar-refractivity contribution >= 4 is 0 Å². The lowest BCUT2D eigenvalue weighted by Crippen LogP contribution is -2.79. The number of phenols is 1. The van der Waals surface area contributed by atoms with Crippen LogP contribution in [0.15, 0.2) is 12.1 Å². The van der Waals surface area contributed by atoms with E-state index in [-0.39, 0.29) is 11.8 Å². The number of aromatic hydroxyl groups is 1. The van der Waals surface area contributed by atoms with Crippen LogP contribution in [0, 0.1) is 5.92 Å². The zero-order chi connectivity index (χ0) is 18.7. The van der Waals surface area contributed by atoms with E-state index in [0.717, 1.165) is 37.4 Å². The second-order valence-corrected chi connectivity index (χ2v) is 9.76. The van der Waals surface area contributed by atoms with Crippen LogP contribution in [-0.4, -0.2) is 65.0 Å². The van der Waals surface area contributed by atoms with Crippen LogP contribution in [0.25, 0.3) is 0 Å². The first-order chi connectivity index (χ1) is 13.6. The largest absolute Gasteiger partial charge is 0.504 e. The first kappa shape index (κ1) is 16.5. The molecule has 2 unspecified atom stereocenters. The van der Waals surface area contributed by atoms with Crippen molar-refractivity contribution in [2.24, 2.45) is 5.92 Å².